The molecule has 1 amide bonds. The average Bonchev–Trinajstić information content (AvgIpc) is 2.87. The largest absolute Gasteiger partial charge is 0.491 e. The van der Waals surface area contributed by atoms with Gasteiger partial charge < -0.3 is 10.1 Å². The third-order valence-corrected chi connectivity index (χ3v) is 3.50. The molecule has 1 aromatic heterocycles. The fourth-order valence-corrected chi connectivity index (χ4v) is 2.62. The smallest absolute Gasteiger partial charge is 0.270 e. The van der Waals surface area contributed by atoms with Crippen LogP contribution >= 0.6 is 11.3 Å². The molecule has 0 aliphatic heterocycles. The van der Waals surface area contributed by atoms with Crippen molar-refractivity contribution in [3.63, 3.8) is 0 Å². The Morgan fingerprint density at radius 2 is 2.05 bits per heavy atom. The summed E-state index contributed by atoms with van der Waals surface area (Å²) in [5.74, 6) is 0.674. The molecule has 0 saturated heterocycles. The van der Waals surface area contributed by atoms with Crippen LogP contribution in [-0.2, 0) is 0 Å². The summed E-state index contributed by atoms with van der Waals surface area (Å²) in [6, 6.07) is 7.87. The summed E-state index contributed by atoms with van der Waals surface area (Å²) in [4.78, 5) is 16.3. The standard InChI is InChI=1S/C16H20N2O2S/c1-10(2)17-15(19)14-9-21-16(18-14)12-6-5-7-13(8-12)20-11(3)4/h5-11H,1-4H3,(H,17,19). The lowest BCUT2D eigenvalue weighted by Crippen LogP contribution is -2.30. The predicted octanol–water partition coefficient (Wildman–Crippen LogP) is 3.74. The van der Waals surface area contributed by atoms with Gasteiger partial charge in [-0.05, 0) is 39.8 Å². The Bertz CT molecular complexity index is 620. The fourth-order valence-electron chi connectivity index (χ4n) is 1.82. The van der Waals surface area contributed by atoms with Crippen LogP contribution in [0.1, 0.15) is 38.2 Å². The zero-order valence-electron chi connectivity index (χ0n) is 12.7. The van der Waals surface area contributed by atoms with E-state index >= 15 is 0 Å². The molecule has 0 bridgehead atoms. The summed E-state index contributed by atoms with van der Waals surface area (Å²) in [5.41, 5.74) is 1.42. The summed E-state index contributed by atoms with van der Waals surface area (Å²) < 4.78 is 5.68. The van der Waals surface area contributed by atoms with Gasteiger partial charge in [0.2, 0.25) is 0 Å². The molecular formula is C16H20N2O2S. The number of aromatic nitrogens is 1. The van der Waals surface area contributed by atoms with Crippen molar-refractivity contribution in [3.8, 4) is 16.3 Å². The summed E-state index contributed by atoms with van der Waals surface area (Å²) in [6.07, 6.45) is 0.129. The van der Waals surface area contributed by atoms with Gasteiger partial charge in [-0.15, -0.1) is 11.3 Å². The summed E-state index contributed by atoms with van der Waals surface area (Å²) in [6.45, 7) is 7.84. The molecule has 2 aromatic rings. The number of nitrogens with one attached hydrogen (secondary N) is 1. The molecule has 1 heterocycles. The van der Waals surface area contributed by atoms with Crippen molar-refractivity contribution >= 4 is 17.2 Å². The highest BCUT2D eigenvalue weighted by atomic mass is 32.1. The number of nitrogens with zero attached hydrogens (tertiary/aromatic N) is 1. The van der Waals surface area contributed by atoms with Crippen LogP contribution in [0.25, 0.3) is 10.6 Å². The minimum atomic E-state index is -0.137. The van der Waals surface area contributed by atoms with E-state index in [-0.39, 0.29) is 18.1 Å². The number of carbonyl (C=O) groups is 1. The highest BCUT2D eigenvalue weighted by molar-refractivity contribution is 7.13. The first-order chi connectivity index (χ1) is 9.95. The molecule has 4 nitrogen and oxygen atoms in total. The van der Waals surface area contributed by atoms with E-state index in [1.165, 1.54) is 11.3 Å². The number of carbonyl (C=O) groups excluding carboxylic acids is 1. The molecule has 0 saturated carbocycles. The van der Waals surface area contributed by atoms with Gasteiger partial charge in [-0.25, -0.2) is 4.98 Å². The highest BCUT2D eigenvalue weighted by Gasteiger charge is 2.13. The molecule has 1 aromatic carbocycles. The van der Waals surface area contributed by atoms with Crippen molar-refractivity contribution in [1.82, 2.24) is 10.3 Å². The Hall–Kier alpha value is -1.88. The van der Waals surface area contributed by atoms with Crippen LogP contribution in [0.2, 0.25) is 0 Å². The molecule has 0 radical (unpaired) electrons. The van der Waals surface area contributed by atoms with Crippen molar-refractivity contribution < 1.29 is 9.53 Å². The van der Waals surface area contributed by atoms with Crippen molar-refractivity contribution in [2.75, 3.05) is 0 Å². The van der Waals surface area contributed by atoms with E-state index in [0.717, 1.165) is 16.3 Å². The lowest BCUT2D eigenvalue weighted by atomic mass is 10.2. The van der Waals surface area contributed by atoms with E-state index in [0.29, 0.717) is 5.69 Å². The number of rotatable bonds is 5. The lowest BCUT2D eigenvalue weighted by Gasteiger charge is -2.10. The van der Waals surface area contributed by atoms with Crippen LogP contribution in [0.4, 0.5) is 0 Å². The van der Waals surface area contributed by atoms with Gasteiger partial charge in [-0.3, -0.25) is 4.79 Å². The van der Waals surface area contributed by atoms with Crippen molar-refractivity contribution in [3.05, 3.63) is 35.3 Å². The summed E-state index contributed by atoms with van der Waals surface area (Å²) in [7, 11) is 0. The number of thiazole rings is 1. The van der Waals surface area contributed by atoms with Crippen LogP contribution < -0.4 is 10.1 Å². The van der Waals surface area contributed by atoms with Crippen LogP contribution in [0.15, 0.2) is 29.6 Å². The maximum atomic E-state index is 11.9. The molecule has 21 heavy (non-hydrogen) atoms. The second-order valence-electron chi connectivity index (χ2n) is 5.36. The number of benzene rings is 1. The maximum Gasteiger partial charge on any atom is 0.270 e. The first-order valence-electron chi connectivity index (χ1n) is 6.99. The third-order valence-electron chi connectivity index (χ3n) is 2.61. The third kappa shape index (κ3) is 4.29. The van der Waals surface area contributed by atoms with Crippen LogP contribution in [0.3, 0.4) is 0 Å². The van der Waals surface area contributed by atoms with Crippen LogP contribution in [-0.4, -0.2) is 23.0 Å². The van der Waals surface area contributed by atoms with Gasteiger partial charge in [0.25, 0.3) is 5.91 Å². The molecule has 0 atom stereocenters. The van der Waals surface area contributed by atoms with E-state index in [9.17, 15) is 4.79 Å². The second kappa shape index (κ2) is 6.72. The normalized spacial score (nSPS) is 11.0. The molecule has 0 unspecified atom stereocenters. The van der Waals surface area contributed by atoms with E-state index < -0.39 is 0 Å². The summed E-state index contributed by atoms with van der Waals surface area (Å²) in [5, 5.41) is 5.44. The van der Waals surface area contributed by atoms with E-state index in [4.69, 9.17) is 4.74 Å². The second-order valence-corrected chi connectivity index (χ2v) is 6.22. The van der Waals surface area contributed by atoms with Gasteiger partial charge in [0.1, 0.15) is 16.5 Å². The van der Waals surface area contributed by atoms with Gasteiger partial charge in [0.05, 0.1) is 6.10 Å². The zero-order chi connectivity index (χ0) is 15.4. The molecule has 112 valence electrons. The summed E-state index contributed by atoms with van der Waals surface area (Å²) >= 11 is 1.46. The van der Waals surface area contributed by atoms with Crippen molar-refractivity contribution in [2.24, 2.45) is 0 Å². The minimum Gasteiger partial charge on any atom is -0.491 e. The number of amides is 1. The van der Waals surface area contributed by atoms with Crippen molar-refractivity contribution in [1.29, 1.82) is 0 Å². The topological polar surface area (TPSA) is 51.2 Å². The molecule has 5 heteroatoms. The Kier molecular flexibility index (Phi) is 4.96. The quantitative estimate of drug-likeness (QED) is 0.915. The van der Waals surface area contributed by atoms with Crippen molar-refractivity contribution in [2.45, 2.75) is 39.8 Å². The Morgan fingerprint density at radius 3 is 2.71 bits per heavy atom. The SMILES string of the molecule is CC(C)NC(=O)c1csc(-c2cccc(OC(C)C)c2)n1. The number of hydrogen-bond acceptors (Lipinski definition) is 4. The monoisotopic (exact) mass is 304 g/mol. The molecular weight excluding hydrogens is 284 g/mol. The molecule has 0 aliphatic carbocycles. The fraction of sp³-hybridized carbons (Fsp3) is 0.375. The van der Waals surface area contributed by atoms with Gasteiger partial charge in [-0.1, -0.05) is 12.1 Å². The first-order valence-corrected chi connectivity index (χ1v) is 7.87. The highest BCUT2D eigenvalue weighted by Crippen LogP contribution is 2.27. The Balaban J connectivity index is 2.19. The number of hydrogen-bond donors (Lipinski definition) is 1. The van der Waals surface area contributed by atoms with E-state index in [1.54, 1.807) is 5.38 Å². The van der Waals surface area contributed by atoms with Crippen LogP contribution in [0, 0.1) is 0 Å². The van der Waals surface area contributed by atoms with Crippen LogP contribution in [0.5, 0.6) is 5.75 Å². The predicted molar refractivity (Wildman–Crippen MR) is 85.9 cm³/mol. The Labute approximate surface area is 129 Å². The molecule has 1 N–H and O–H groups in total. The molecule has 0 aliphatic rings. The van der Waals surface area contributed by atoms with E-state index in [1.807, 2.05) is 52.0 Å². The van der Waals surface area contributed by atoms with Gasteiger partial charge >= 0.3 is 0 Å². The number of ether oxygens (including phenoxy) is 1. The van der Waals surface area contributed by atoms with Gasteiger partial charge in [0, 0.05) is 17.0 Å². The lowest BCUT2D eigenvalue weighted by molar-refractivity contribution is 0.0939. The maximum absolute atomic E-state index is 11.9. The molecule has 2 rings (SSSR count). The molecule has 0 spiro atoms. The zero-order valence-corrected chi connectivity index (χ0v) is 13.5. The molecule has 0 fully saturated rings. The van der Waals surface area contributed by atoms with Gasteiger partial charge in [0.15, 0.2) is 0 Å². The minimum absolute atomic E-state index is 0.102. The Morgan fingerprint density at radius 1 is 1.29 bits per heavy atom. The first kappa shape index (κ1) is 15.5. The van der Waals surface area contributed by atoms with E-state index in [2.05, 4.69) is 10.3 Å². The van der Waals surface area contributed by atoms with Gasteiger partial charge in [-0.2, -0.15) is 0 Å². The average molecular weight is 304 g/mol.